The maximum atomic E-state index is 12.5. The van der Waals surface area contributed by atoms with Gasteiger partial charge in [0.2, 0.25) is 5.91 Å². The number of likely N-dealkylation sites (N-methyl/N-ethyl adjacent to an activating group) is 1. The molecule has 0 aliphatic rings. The standard InChI is InChI=1S/C20H20BrClN2O2/c1-13(25)24-18(14-7-5-4-6-8-14)20(26-10-9-23(2)3)16-11-15(22)12-17(21)19(16)24/h4-8,11-12H,9-10H2,1-3H3. The lowest BCUT2D eigenvalue weighted by Gasteiger charge is -2.13. The molecular formula is C20H20BrClN2O2. The molecule has 0 aliphatic carbocycles. The molecule has 0 unspecified atom stereocenters. The smallest absolute Gasteiger partial charge is 0.228 e. The van der Waals surface area contributed by atoms with Crippen LogP contribution in [0.2, 0.25) is 5.02 Å². The van der Waals surface area contributed by atoms with Crippen LogP contribution in [0.5, 0.6) is 5.75 Å². The molecule has 0 saturated carbocycles. The number of fused-ring (bicyclic) bond motifs is 1. The zero-order valence-corrected chi connectivity index (χ0v) is 17.3. The SMILES string of the molecule is CC(=O)n1c(-c2ccccc2)c(OCCN(C)C)c2cc(Cl)cc(Br)c21. The molecule has 26 heavy (non-hydrogen) atoms. The molecular weight excluding hydrogens is 416 g/mol. The highest BCUT2D eigenvalue weighted by molar-refractivity contribution is 9.10. The number of hydrogen-bond donors (Lipinski definition) is 0. The average molecular weight is 436 g/mol. The van der Waals surface area contributed by atoms with Gasteiger partial charge >= 0.3 is 0 Å². The minimum Gasteiger partial charge on any atom is -0.489 e. The molecule has 0 N–H and O–H groups in total. The highest BCUT2D eigenvalue weighted by Crippen LogP contribution is 2.43. The van der Waals surface area contributed by atoms with E-state index in [0.29, 0.717) is 17.4 Å². The summed E-state index contributed by atoms with van der Waals surface area (Å²) in [4.78, 5) is 14.6. The first-order valence-corrected chi connectivity index (χ1v) is 9.44. The Bertz CT molecular complexity index is 952. The number of nitrogens with zero attached hydrogens (tertiary/aromatic N) is 2. The number of carbonyl (C=O) groups excluding carboxylic acids is 1. The van der Waals surface area contributed by atoms with Crippen molar-refractivity contribution in [2.45, 2.75) is 6.92 Å². The van der Waals surface area contributed by atoms with E-state index in [4.69, 9.17) is 16.3 Å². The zero-order valence-electron chi connectivity index (χ0n) is 14.9. The van der Waals surface area contributed by atoms with E-state index in [0.717, 1.165) is 33.2 Å². The molecule has 6 heteroatoms. The molecule has 4 nitrogen and oxygen atoms in total. The van der Waals surface area contributed by atoms with Crippen molar-refractivity contribution in [2.75, 3.05) is 27.2 Å². The molecule has 1 aromatic heterocycles. The lowest BCUT2D eigenvalue weighted by atomic mass is 10.1. The summed E-state index contributed by atoms with van der Waals surface area (Å²) in [6, 6.07) is 13.4. The molecule has 0 radical (unpaired) electrons. The van der Waals surface area contributed by atoms with Gasteiger partial charge in [0, 0.05) is 33.9 Å². The zero-order chi connectivity index (χ0) is 18.8. The normalized spacial score (nSPS) is 11.3. The molecule has 1 heterocycles. The van der Waals surface area contributed by atoms with Gasteiger partial charge < -0.3 is 9.64 Å². The van der Waals surface area contributed by atoms with Gasteiger partial charge in [-0.2, -0.15) is 0 Å². The molecule has 2 aromatic carbocycles. The fraction of sp³-hybridized carbons (Fsp3) is 0.250. The molecule has 0 spiro atoms. The largest absolute Gasteiger partial charge is 0.489 e. The second-order valence-corrected chi connectivity index (χ2v) is 7.62. The molecule has 0 bridgehead atoms. The average Bonchev–Trinajstić information content (AvgIpc) is 2.90. The summed E-state index contributed by atoms with van der Waals surface area (Å²) >= 11 is 9.84. The molecule has 136 valence electrons. The van der Waals surface area contributed by atoms with E-state index in [2.05, 4.69) is 20.8 Å². The second kappa shape index (κ2) is 7.82. The number of carbonyl (C=O) groups is 1. The van der Waals surface area contributed by atoms with Crippen LogP contribution in [0.1, 0.15) is 11.7 Å². The highest BCUT2D eigenvalue weighted by Gasteiger charge is 2.24. The van der Waals surface area contributed by atoms with Crippen molar-refractivity contribution in [1.29, 1.82) is 0 Å². The Labute approximate surface area is 166 Å². The number of aromatic nitrogens is 1. The maximum Gasteiger partial charge on any atom is 0.228 e. The van der Waals surface area contributed by atoms with Gasteiger partial charge in [-0.25, -0.2) is 0 Å². The summed E-state index contributed by atoms with van der Waals surface area (Å²) in [6.45, 7) is 2.83. The van der Waals surface area contributed by atoms with Crippen LogP contribution < -0.4 is 4.74 Å². The fourth-order valence-corrected chi connectivity index (χ4v) is 3.94. The van der Waals surface area contributed by atoms with Crippen molar-refractivity contribution in [3.8, 4) is 17.0 Å². The van der Waals surface area contributed by atoms with Crippen molar-refractivity contribution in [1.82, 2.24) is 9.47 Å². The topological polar surface area (TPSA) is 34.5 Å². The van der Waals surface area contributed by atoms with Gasteiger partial charge in [0.05, 0.1) is 11.2 Å². The van der Waals surface area contributed by atoms with Gasteiger partial charge in [-0.3, -0.25) is 9.36 Å². The number of rotatable bonds is 5. The summed E-state index contributed by atoms with van der Waals surface area (Å²) in [6.07, 6.45) is 0. The monoisotopic (exact) mass is 434 g/mol. The summed E-state index contributed by atoms with van der Waals surface area (Å²) < 4.78 is 8.61. The van der Waals surface area contributed by atoms with Crippen LogP contribution in [0.25, 0.3) is 22.2 Å². The first-order valence-electron chi connectivity index (χ1n) is 8.27. The van der Waals surface area contributed by atoms with Crippen LogP contribution in [0, 0.1) is 0 Å². The van der Waals surface area contributed by atoms with E-state index in [1.807, 2.05) is 50.5 Å². The van der Waals surface area contributed by atoms with Gasteiger partial charge in [0.1, 0.15) is 6.61 Å². The van der Waals surface area contributed by atoms with Crippen molar-refractivity contribution in [3.05, 3.63) is 52.0 Å². The minimum atomic E-state index is -0.0839. The molecule has 0 amide bonds. The lowest BCUT2D eigenvalue weighted by Crippen LogP contribution is -2.19. The number of benzene rings is 2. The van der Waals surface area contributed by atoms with Gasteiger partial charge in [0.15, 0.2) is 5.75 Å². The van der Waals surface area contributed by atoms with E-state index in [1.54, 1.807) is 17.6 Å². The van der Waals surface area contributed by atoms with Crippen LogP contribution in [-0.4, -0.2) is 42.6 Å². The van der Waals surface area contributed by atoms with Crippen molar-refractivity contribution in [3.63, 3.8) is 0 Å². The predicted molar refractivity (Wildman–Crippen MR) is 110 cm³/mol. The van der Waals surface area contributed by atoms with E-state index in [-0.39, 0.29) is 5.91 Å². The third kappa shape index (κ3) is 3.65. The minimum absolute atomic E-state index is 0.0839. The Hall–Kier alpha value is -1.82. The Kier molecular flexibility index (Phi) is 5.70. The van der Waals surface area contributed by atoms with Crippen LogP contribution in [-0.2, 0) is 0 Å². The van der Waals surface area contributed by atoms with E-state index in [9.17, 15) is 4.79 Å². The Morgan fingerprint density at radius 2 is 1.92 bits per heavy atom. The van der Waals surface area contributed by atoms with E-state index in [1.165, 1.54) is 0 Å². The van der Waals surface area contributed by atoms with Crippen LogP contribution in [0.3, 0.4) is 0 Å². The van der Waals surface area contributed by atoms with Crippen molar-refractivity contribution >= 4 is 44.3 Å². The molecule has 3 aromatic rings. The number of ether oxygens (including phenoxy) is 1. The third-order valence-corrected chi connectivity index (χ3v) is 4.90. The number of hydrogen-bond acceptors (Lipinski definition) is 3. The van der Waals surface area contributed by atoms with Gasteiger partial charge in [-0.15, -0.1) is 0 Å². The quantitative estimate of drug-likeness (QED) is 0.543. The molecule has 3 rings (SSSR count). The lowest BCUT2D eigenvalue weighted by molar-refractivity contribution is 0.0942. The summed E-state index contributed by atoms with van der Waals surface area (Å²) in [5.41, 5.74) is 2.43. The maximum absolute atomic E-state index is 12.5. The first-order chi connectivity index (χ1) is 12.4. The van der Waals surface area contributed by atoms with Crippen molar-refractivity contribution < 1.29 is 9.53 Å². The van der Waals surface area contributed by atoms with Gasteiger partial charge in [-0.1, -0.05) is 41.9 Å². The second-order valence-electron chi connectivity index (χ2n) is 6.33. The van der Waals surface area contributed by atoms with E-state index < -0.39 is 0 Å². The van der Waals surface area contributed by atoms with Crippen LogP contribution >= 0.6 is 27.5 Å². The molecule has 0 aliphatic heterocycles. The Balaban J connectivity index is 2.31. The molecule has 0 saturated heterocycles. The highest BCUT2D eigenvalue weighted by atomic mass is 79.9. The summed E-state index contributed by atoms with van der Waals surface area (Å²) in [5, 5.41) is 1.40. The van der Waals surface area contributed by atoms with Crippen LogP contribution in [0.4, 0.5) is 0 Å². The molecule has 0 fully saturated rings. The summed E-state index contributed by atoms with van der Waals surface area (Å²) in [5.74, 6) is 0.589. The summed E-state index contributed by atoms with van der Waals surface area (Å²) in [7, 11) is 3.99. The Morgan fingerprint density at radius 1 is 1.23 bits per heavy atom. The van der Waals surface area contributed by atoms with Gasteiger partial charge in [0.25, 0.3) is 0 Å². The van der Waals surface area contributed by atoms with E-state index >= 15 is 0 Å². The predicted octanol–water partition coefficient (Wildman–Crippen LogP) is 5.32. The Morgan fingerprint density at radius 3 is 2.54 bits per heavy atom. The van der Waals surface area contributed by atoms with Crippen LogP contribution in [0.15, 0.2) is 46.9 Å². The first kappa shape index (κ1) is 19.0. The fourth-order valence-electron chi connectivity index (χ4n) is 2.95. The van der Waals surface area contributed by atoms with Crippen molar-refractivity contribution in [2.24, 2.45) is 0 Å². The van der Waals surface area contributed by atoms with Gasteiger partial charge in [-0.05, 0) is 42.2 Å². The number of halogens is 2. The third-order valence-electron chi connectivity index (χ3n) is 4.08. The molecule has 0 atom stereocenters.